The highest BCUT2D eigenvalue weighted by molar-refractivity contribution is 6.67. The van der Waals surface area contributed by atoms with Crippen LogP contribution in [-0.2, 0) is 11.9 Å². The average molecular weight is 447 g/mol. The molecule has 0 saturated carbocycles. The molecule has 0 N–H and O–H groups in total. The standard InChI is InChI=1S/C7H2Cl9N3/c8-1-5(9,10)2-17-3(6(11,12)13)19-4(18-2)7(14,15)16/h1H2. The third kappa shape index (κ3) is 5.08. The Morgan fingerprint density at radius 3 is 1.21 bits per heavy atom. The van der Waals surface area contributed by atoms with E-state index in [1.165, 1.54) is 0 Å². The van der Waals surface area contributed by atoms with Gasteiger partial charge in [-0.2, -0.15) is 0 Å². The first-order chi connectivity index (χ1) is 8.38. The maximum atomic E-state index is 5.91. The third-order valence-corrected chi connectivity index (χ3v) is 3.93. The molecule has 12 heteroatoms. The van der Waals surface area contributed by atoms with Gasteiger partial charge in [0.25, 0.3) is 0 Å². The Hall–Kier alpha value is 1.62. The Kier molecular flexibility index (Phi) is 6.28. The molecule has 1 aromatic heterocycles. The molecular formula is C7H2Cl9N3. The van der Waals surface area contributed by atoms with E-state index >= 15 is 0 Å². The van der Waals surface area contributed by atoms with E-state index in [0.29, 0.717) is 0 Å². The van der Waals surface area contributed by atoms with E-state index in [-0.39, 0.29) is 23.4 Å². The van der Waals surface area contributed by atoms with E-state index in [2.05, 4.69) is 15.0 Å². The van der Waals surface area contributed by atoms with Crippen molar-refractivity contribution in [2.24, 2.45) is 0 Å². The van der Waals surface area contributed by atoms with Gasteiger partial charge in [-0.05, 0) is 0 Å². The van der Waals surface area contributed by atoms with Crippen LogP contribution in [0, 0.1) is 0 Å². The van der Waals surface area contributed by atoms with E-state index in [1.54, 1.807) is 0 Å². The molecule has 1 heterocycles. The van der Waals surface area contributed by atoms with Crippen LogP contribution in [0.5, 0.6) is 0 Å². The number of nitrogens with zero attached hydrogens (tertiary/aromatic N) is 3. The fraction of sp³-hybridized carbons (Fsp3) is 0.571. The van der Waals surface area contributed by atoms with E-state index in [9.17, 15) is 0 Å². The topological polar surface area (TPSA) is 38.7 Å². The van der Waals surface area contributed by atoms with Crippen molar-refractivity contribution in [2.75, 3.05) is 5.88 Å². The second-order valence-electron chi connectivity index (χ2n) is 3.14. The molecule has 0 fully saturated rings. The Morgan fingerprint density at radius 1 is 0.632 bits per heavy atom. The van der Waals surface area contributed by atoms with Crippen molar-refractivity contribution in [3.8, 4) is 0 Å². The molecule has 108 valence electrons. The Balaban J connectivity index is 3.51. The van der Waals surface area contributed by atoms with E-state index < -0.39 is 11.9 Å². The van der Waals surface area contributed by atoms with E-state index in [0.717, 1.165) is 0 Å². The van der Waals surface area contributed by atoms with Gasteiger partial charge in [-0.3, -0.25) is 0 Å². The lowest BCUT2D eigenvalue weighted by Crippen LogP contribution is -2.24. The van der Waals surface area contributed by atoms with Crippen LogP contribution in [0.1, 0.15) is 17.5 Å². The molecule has 0 radical (unpaired) electrons. The zero-order chi connectivity index (χ0) is 15.1. The van der Waals surface area contributed by atoms with Crippen molar-refractivity contribution >= 4 is 104 Å². The summed E-state index contributed by atoms with van der Waals surface area (Å²) in [7, 11) is 0. The summed E-state index contributed by atoms with van der Waals surface area (Å²) in [5, 5.41) is 0. The molecule has 0 unspecified atom stereocenters. The van der Waals surface area contributed by atoms with Gasteiger partial charge in [-0.1, -0.05) is 92.8 Å². The number of alkyl halides is 9. The van der Waals surface area contributed by atoms with Crippen LogP contribution in [-0.4, -0.2) is 20.8 Å². The molecule has 3 nitrogen and oxygen atoms in total. The maximum Gasteiger partial charge on any atom is 0.250 e. The largest absolute Gasteiger partial charge is 0.250 e. The summed E-state index contributed by atoms with van der Waals surface area (Å²) >= 11 is 51.5. The van der Waals surface area contributed by atoms with Crippen LogP contribution in [0.3, 0.4) is 0 Å². The second kappa shape index (κ2) is 6.39. The highest BCUT2D eigenvalue weighted by Gasteiger charge is 2.38. The first-order valence-electron chi connectivity index (χ1n) is 4.22. The quantitative estimate of drug-likeness (QED) is 0.571. The van der Waals surface area contributed by atoms with E-state index in [4.69, 9.17) is 104 Å². The van der Waals surface area contributed by atoms with Crippen LogP contribution in [0.2, 0.25) is 0 Å². The SMILES string of the molecule is ClCC(Cl)(Cl)c1nc(C(Cl)(Cl)Cl)nc(C(Cl)(Cl)Cl)n1. The summed E-state index contributed by atoms with van der Waals surface area (Å²) in [6.45, 7) is 0. The first-order valence-corrected chi connectivity index (χ1v) is 7.78. The molecule has 0 saturated heterocycles. The van der Waals surface area contributed by atoms with Gasteiger partial charge >= 0.3 is 0 Å². The van der Waals surface area contributed by atoms with Gasteiger partial charge in [0.15, 0.2) is 21.8 Å². The Morgan fingerprint density at radius 2 is 0.947 bits per heavy atom. The van der Waals surface area contributed by atoms with Gasteiger partial charge in [0.2, 0.25) is 7.59 Å². The zero-order valence-corrected chi connectivity index (χ0v) is 15.3. The van der Waals surface area contributed by atoms with Gasteiger partial charge in [0.1, 0.15) is 0 Å². The van der Waals surface area contributed by atoms with Crippen molar-refractivity contribution in [2.45, 2.75) is 11.9 Å². The normalized spacial score (nSPS) is 13.7. The minimum absolute atomic E-state index is 0.191. The predicted octanol–water partition coefficient (Wildman–Crippen LogP) is 5.39. The predicted molar refractivity (Wildman–Crippen MR) is 82.4 cm³/mol. The fourth-order valence-corrected chi connectivity index (χ4v) is 1.65. The van der Waals surface area contributed by atoms with Gasteiger partial charge in [0, 0.05) is 0 Å². The molecule has 0 aliphatic carbocycles. The van der Waals surface area contributed by atoms with Crippen molar-refractivity contribution in [3.63, 3.8) is 0 Å². The monoisotopic (exact) mass is 443 g/mol. The van der Waals surface area contributed by atoms with Crippen LogP contribution in [0.25, 0.3) is 0 Å². The lowest BCUT2D eigenvalue weighted by molar-refractivity contribution is 0.748. The number of aromatic nitrogens is 3. The molecule has 0 atom stereocenters. The molecule has 0 spiro atoms. The van der Waals surface area contributed by atoms with Crippen LogP contribution < -0.4 is 0 Å². The van der Waals surface area contributed by atoms with Gasteiger partial charge in [-0.15, -0.1) is 11.6 Å². The number of hydrogen-bond donors (Lipinski definition) is 0. The minimum Gasteiger partial charge on any atom is -0.210 e. The Labute approximate surface area is 153 Å². The average Bonchev–Trinajstić information content (AvgIpc) is 2.26. The fourth-order valence-electron chi connectivity index (χ4n) is 0.853. The number of hydrogen-bond acceptors (Lipinski definition) is 3. The molecule has 0 aliphatic heterocycles. The van der Waals surface area contributed by atoms with Gasteiger partial charge in [0.05, 0.1) is 5.88 Å². The summed E-state index contributed by atoms with van der Waals surface area (Å²) in [6.07, 6.45) is 0. The molecule has 1 rings (SSSR count). The Bertz CT molecular complexity index is 432. The van der Waals surface area contributed by atoms with Crippen molar-refractivity contribution in [3.05, 3.63) is 17.5 Å². The smallest absolute Gasteiger partial charge is 0.210 e. The van der Waals surface area contributed by atoms with Gasteiger partial charge < -0.3 is 0 Å². The zero-order valence-electron chi connectivity index (χ0n) is 8.45. The van der Waals surface area contributed by atoms with Crippen LogP contribution in [0.15, 0.2) is 0 Å². The van der Waals surface area contributed by atoms with Crippen molar-refractivity contribution < 1.29 is 0 Å². The van der Waals surface area contributed by atoms with Crippen LogP contribution >= 0.6 is 104 Å². The minimum atomic E-state index is -1.97. The first kappa shape index (κ1) is 18.7. The highest BCUT2D eigenvalue weighted by Crippen LogP contribution is 2.42. The molecule has 0 aliphatic rings. The summed E-state index contributed by atoms with van der Waals surface area (Å²) in [4.78, 5) is 11.4. The maximum absolute atomic E-state index is 5.91. The molecular weight excluding hydrogens is 445 g/mol. The van der Waals surface area contributed by atoms with Crippen molar-refractivity contribution in [1.29, 1.82) is 0 Å². The molecule has 0 aromatic carbocycles. The third-order valence-electron chi connectivity index (χ3n) is 1.64. The summed E-state index contributed by atoms with van der Waals surface area (Å²) in [6, 6.07) is 0. The van der Waals surface area contributed by atoms with Gasteiger partial charge in [-0.25, -0.2) is 15.0 Å². The molecule has 0 bridgehead atoms. The lowest BCUT2D eigenvalue weighted by atomic mass is 10.4. The summed E-state index contributed by atoms with van der Waals surface area (Å²) in [5.74, 6) is -1.01. The second-order valence-corrected chi connectivity index (χ2v) is 9.45. The lowest BCUT2D eigenvalue weighted by Gasteiger charge is -2.20. The number of halogens is 9. The summed E-state index contributed by atoms with van der Waals surface area (Å²) in [5.41, 5.74) is 0. The molecule has 0 amide bonds. The molecule has 1 aromatic rings. The number of rotatable bonds is 2. The molecule has 19 heavy (non-hydrogen) atoms. The van der Waals surface area contributed by atoms with Crippen molar-refractivity contribution in [1.82, 2.24) is 15.0 Å². The van der Waals surface area contributed by atoms with Crippen LogP contribution in [0.4, 0.5) is 0 Å². The van der Waals surface area contributed by atoms with E-state index in [1.807, 2.05) is 0 Å². The highest BCUT2D eigenvalue weighted by atomic mass is 35.6. The summed E-state index contributed by atoms with van der Waals surface area (Å²) < 4.78 is -5.60.